The van der Waals surface area contributed by atoms with Gasteiger partial charge in [0, 0.05) is 75.3 Å². The maximum Gasteiger partial charge on any atom is 0.254 e. The van der Waals surface area contributed by atoms with Gasteiger partial charge in [0.25, 0.3) is 5.91 Å². The molecular formula is C36H44N8O3. The Bertz CT molecular complexity index is 1900. The lowest BCUT2D eigenvalue weighted by molar-refractivity contribution is -0.130. The highest BCUT2D eigenvalue weighted by molar-refractivity contribution is 6.00. The number of carbonyl (C=O) groups excluding carboxylic acids is 2. The second-order valence-electron chi connectivity index (χ2n) is 14.6. The third kappa shape index (κ3) is 4.71. The van der Waals surface area contributed by atoms with Gasteiger partial charge in [-0.15, -0.1) is 0 Å². The van der Waals surface area contributed by atoms with E-state index in [9.17, 15) is 9.59 Å². The van der Waals surface area contributed by atoms with Crippen LogP contribution in [0, 0.1) is 11.8 Å². The Hall–Kier alpha value is -4.12. The zero-order valence-corrected chi connectivity index (χ0v) is 27.4. The number of likely N-dealkylation sites (tertiary alicyclic amines) is 2. The average Bonchev–Trinajstić information content (AvgIpc) is 3.33. The van der Waals surface area contributed by atoms with E-state index >= 15 is 0 Å². The molecule has 9 rings (SSSR count). The van der Waals surface area contributed by atoms with Gasteiger partial charge in [0.15, 0.2) is 5.82 Å². The minimum absolute atomic E-state index is 0.00990. The predicted molar refractivity (Wildman–Crippen MR) is 180 cm³/mol. The molecule has 2 amide bonds. The molecule has 2 aliphatic carbocycles. The molecule has 246 valence electrons. The Morgan fingerprint density at radius 2 is 1.85 bits per heavy atom. The number of imidazole rings is 1. The van der Waals surface area contributed by atoms with E-state index in [1.165, 1.54) is 12.8 Å². The summed E-state index contributed by atoms with van der Waals surface area (Å²) in [6.07, 6.45) is 8.19. The zero-order chi connectivity index (χ0) is 32.0. The molecule has 5 fully saturated rings. The van der Waals surface area contributed by atoms with E-state index in [1.54, 1.807) is 7.11 Å². The standard InChI is InChI=1S/C36H44N8O3/c1-40-33-26(16-24(18-29(33)47-2)36(46)44-20-23-7-9-27(44)32(23)37)38-35(40)28-17-22-8-10-30(39-34(22)43(28)19-21-5-6-21)41-14-11-25(12-15-41)42-13-3-4-31(42)45/h8,10,16-18,21,23,25,27,32H,3-7,9,11-15,19-20,37H2,1-2H3/t23?,27?,32-/m1/s1. The minimum atomic E-state index is 0.00990. The van der Waals surface area contributed by atoms with Gasteiger partial charge in [0.05, 0.1) is 18.3 Å². The Morgan fingerprint density at radius 1 is 1.02 bits per heavy atom. The van der Waals surface area contributed by atoms with Crippen LogP contribution in [0.5, 0.6) is 5.75 Å². The summed E-state index contributed by atoms with van der Waals surface area (Å²) in [7, 11) is 3.69. The van der Waals surface area contributed by atoms with Gasteiger partial charge in [0.2, 0.25) is 5.91 Å². The number of methoxy groups -OCH3 is 1. The summed E-state index contributed by atoms with van der Waals surface area (Å²) in [5.41, 5.74) is 10.7. The van der Waals surface area contributed by atoms with Crippen LogP contribution in [0.15, 0.2) is 30.3 Å². The number of piperidine rings is 2. The number of fused-ring (bicyclic) bond motifs is 4. The lowest BCUT2D eigenvalue weighted by atomic mass is 10.0. The number of ether oxygens (including phenoxy) is 1. The van der Waals surface area contributed by atoms with E-state index in [4.69, 9.17) is 20.4 Å². The highest BCUT2D eigenvalue weighted by atomic mass is 16.5. The smallest absolute Gasteiger partial charge is 0.254 e. The van der Waals surface area contributed by atoms with E-state index in [2.05, 4.69) is 37.1 Å². The second-order valence-corrected chi connectivity index (χ2v) is 14.6. The zero-order valence-electron chi connectivity index (χ0n) is 27.4. The molecule has 0 spiro atoms. The molecule has 6 heterocycles. The Morgan fingerprint density at radius 3 is 2.53 bits per heavy atom. The van der Waals surface area contributed by atoms with Crippen molar-refractivity contribution in [1.29, 1.82) is 0 Å². The molecule has 1 aromatic carbocycles. The quantitative estimate of drug-likeness (QED) is 0.324. The van der Waals surface area contributed by atoms with Crippen LogP contribution in [0.25, 0.3) is 33.6 Å². The Balaban J connectivity index is 1.06. The first-order valence-electron chi connectivity index (χ1n) is 17.5. The minimum Gasteiger partial charge on any atom is -0.494 e. The van der Waals surface area contributed by atoms with E-state index in [-0.39, 0.29) is 18.0 Å². The summed E-state index contributed by atoms with van der Waals surface area (Å²) < 4.78 is 10.3. The number of hydrogen-bond donors (Lipinski definition) is 1. The number of benzene rings is 1. The number of nitrogens with two attached hydrogens (primary N) is 1. The fraction of sp³-hybridized carbons (Fsp3) is 0.556. The van der Waals surface area contributed by atoms with Gasteiger partial charge < -0.3 is 34.3 Å². The SMILES string of the molecule is COc1cc(C(=O)N2CC3CCC2[C@@H]3N)cc2nc(-c3cc4ccc(N5CCC(N6CCCC6=O)CC5)nc4n3CC3CC3)n(C)c12. The van der Waals surface area contributed by atoms with Crippen LogP contribution in [0.1, 0.15) is 61.7 Å². The predicted octanol–water partition coefficient (Wildman–Crippen LogP) is 4.16. The lowest BCUT2D eigenvalue weighted by Gasteiger charge is -2.37. The van der Waals surface area contributed by atoms with Crippen LogP contribution in [0.2, 0.25) is 0 Å². The Kier molecular flexibility index (Phi) is 6.78. The van der Waals surface area contributed by atoms with Crippen molar-refractivity contribution < 1.29 is 14.3 Å². The van der Waals surface area contributed by atoms with Crippen molar-refractivity contribution in [3.8, 4) is 17.3 Å². The number of hydrogen-bond acceptors (Lipinski definition) is 7. The molecule has 0 radical (unpaired) electrons. The maximum atomic E-state index is 13.8. The number of aromatic nitrogens is 4. The molecule has 3 saturated heterocycles. The van der Waals surface area contributed by atoms with E-state index in [0.717, 1.165) is 104 Å². The number of carbonyl (C=O) groups is 2. The van der Waals surface area contributed by atoms with Gasteiger partial charge in [0.1, 0.15) is 22.7 Å². The van der Waals surface area contributed by atoms with Crippen molar-refractivity contribution in [1.82, 2.24) is 28.9 Å². The molecule has 2 bridgehead atoms. The van der Waals surface area contributed by atoms with Gasteiger partial charge in [-0.25, -0.2) is 9.97 Å². The summed E-state index contributed by atoms with van der Waals surface area (Å²) in [6.45, 7) is 4.34. The van der Waals surface area contributed by atoms with Crippen LogP contribution in [-0.2, 0) is 18.4 Å². The third-order valence-corrected chi connectivity index (χ3v) is 11.8. The molecule has 11 nitrogen and oxygen atoms in total. The van der Waals surface area contributed by atoms with Crippen molar-refractivity contribution in [2.45, 2.75) is 76.0 Å². The number of anilines is 1. The molecule has 4 aromatic rings. The Labute approximate surface area is 274 Å². The topological polar surface area (TPSA) is 115 Å². The highest BCUT2D eigenvalue weighted by Crippen LogP contribution is 2.40. The van der Waals surface area contributed by atoms with Crippen molar-refractivity contribution in [2.75, 3.05) is 38.2 Å². The van der Waals surface area contributed by atoms with Gasteiger partial charge in [-0.3, -0.25) is 9.59 Å². The van der Waals surface area contributed by atoms with E-state index in [0.29, 0.717) is 41.5 Å². The summed E-state index contributed by atoms with van der Waals surface area (Å²) in [4.78, 5) is 43.0. The number of pyridine rings is 1. The lowest BCUT2D eigenvalue weighted by Crippen LogP contribution is -2.45. The maximum absolute atomic E-state index is 13.8. The first-order valence-corrected chi connectivity index (χ1v) is 17.5. The molecule has 2 N–H and O–H groups in total. The van der Waals surface area contributed by atoms with Gasteiger partial charge in [-0.2, -0.15) is 0 Å². The van der Waals surface area contributed by atoms with Crippen LogP contribution in [-0.4, -0.2) is 92.1 Å². The number of amides is 2. The molecule has 47 heavy (non-hydrogen) atoms. The van der Waals surface area contributed by atoms with Crippen LogP contribution < -0.4 is 15.4 Å². The third-order valence-electron chi connectivity index (χ3n) is 11.8. The van der Waals surface area contributed by atoms with Gasteiger partial charge in [-0.1, -0.05) is 0 Å². The summed E-state index contributed by atoms with van der Waals surface area (Å²) in [5.74, 6) is 3.84. The second kappa shape index (κ2) is 11.0. The molecule has 3 atom stereocenters. The monoisotopic (exact) mass is 636 g/mol. The summed E-state index contributed by atoms with van der Waals surface area (Å²) in [6, 6.07) is 10.9. The number of nitrogens with zero attached hydrogens (tertiary/aromatic N) is 7. The average molecular weight is 637 g/mol. The molecule has 11 heteroatoms. The fourth-order valence-electron chi connectivity index (χ4n) is 8.95. The van der Waals surface area contributed by atoms with Crippen molar-refractivity contribution in [3.05, 3.63) is 35.9 Å². The molecule has 3 aromatic heterocycles. The molecular weight excluding hydrogens is 592 g/mol. The van der Waals surface area contributed by atoms with E-state index < -0.39 is 0 Å². The first kappa shape index (κ1) is 29.1. The van der Waals surface area contributed by atoms with E-state index in [1.807, 2.05) is 24.1 Å². The first-order chi connectivity index (χ1) is 22.9. The molecule has 3 aliphatic heterocycles. The summed E-state index contributed by atoms with van der Waals surface area (Å²) >= 11 is 0. The van der Waals surface area contributed by atoms with Crippen molar-refractivity contribution in [3.63, 3.8) is 0 Å². The fourth-order valence-corrected chi connectivity index (χ4v) is 8.95. The van der Waals surface area contributed by atoms with Crippen LogP contribution in [0.4, 0.5) is 5.82 Å². The molecule has 2 saturated carbocycles. The van der Waals surface area contributed by atoms with Crippen molar-refractivity contribution >= 4 is 39.7 Å². The highest BCUT2D eigenvalue weighted by Gasteiger charge is 2.47. The summed E-state index contributed by atoms with van der Waals surface area (Å²) in [5, 5.41) is 1.09. The van der Waals surface area contributed by atoms with Crippen LogP contribution in [0.3, 0.4) is 0 Å². The normalized spacial score (nSPS) is 24.9. The van der Waals surface area contributed by atoms with Gasteiger partial charge >= 0.3 is 0 Å². The van der Waals surface area contributed by atoms with Crippen molar-refractivity contribution in [2.24, 2.45) is 24.6 Å². The molecule has 5 aliphatic rings. The largest absolute Gasteiger partial charge is 0.494 e. The van der Waals surface area contributed by atoms with Gasteiger partial charge in [-0.05, 0) is 87.1 Å². The number of rotatable bonds is 7. The number of aryl methyl sites for hydroxylation is 1. The molecule has 2 unspecified atom stereocenters. The van der Waals surface area contributed by atoms with Crippen LogP contribution >= 0.6 is 0 Å².